The molecule has 0 atom stereocenters. The number of hydrogen-bond donors (Lipinski definition) is 1. The second-order valence-electron chi connectivity index (χ2n) is 5.58. The summed E-state index contributed by atoms with van der Waals surface area (Å²) in [6, 6.07) is 0.429. The molecule has 0 aromatic heterocycles. The summed E-state index contributed by atoms with van der Waals surface area (Å²) >= 11 is 0. The maximum Gasteiger partial charge on any atom is 0.222 e. The van der Waals surface area contributed by atoms with E-state index in [4.69, 9.17) is 5.11 Å². The Bertz CT molecular complexity index is 245. The lowest BCUT2D eigenvalue weighted by Gasteiger charge is -2.37. The van der Waals surface area contributed by atoms with Gasteiger partial charge in [-0.05, 0) is 31.6 Å². The van der Waals surface area contributed by atoms with Crippen molar-refractivity contribution in [3.05, 3.63) is 0 Å². The predicted octanol–water partition coefficient (Wildman–Crippen LogP) is 2.33. The van der Waals surface area contributed by atoms with E-state index in [1.54, 1.807) is 0 Å². The van der Waals surface area contributed by atoms with Gasteiger partial charge in [0.1, 0.15) is 0 Å². The summed E-state index contributed by atoms with van der Waals surface area (Å²) in [4.78, 5) is 14.1. The van der Waals surface area contributed by atoms with Gasteiger partial charge in [-0.2, -0.15) is 0 Å². The quantitative estimate of drug-likeness (QED) is 0.773. The second-order valence-corrected chi connectivity index (χ2v) is 5.58. The highest BCUT2D eigenvalue weighted by Crippen LogP contribution is 2.30. The highest BCUT2D eigenvalue weighted by molar-refractivity contribution is 5.76. The summed E-state index contributed by atoms with van der Waals surface area (Å²) in [5.74, 6) is 1.06. The van der Waals surface area contributed by atoms with Crippen LogP contribution in [-0.4, -0.2) is 35.1 Å². The molecule has 0 unspecified atom stereocenters. The van der Waals surface area contributed by atoms with E-state index >= 15 is 0 Å². The molecule has 2 aliphatic rings. The first-order valence-electron chi connectivity index (χ1n) is 7.21. The van der Waals surface area contributed by atoms with E-state index in [-0.39, 0.29) is 12.5 Å². The fraction of sp³-hybridized carbons (Fsp3) is 0.929. The average molecular weight is 239 g/mol. The van der Waals surface area contributed by atoms with Crippen LogP contribution in [0, 0.1) is 5.92 Å². The van der Waals surface area contributed by atoms with Gasteiger partial charge in [-0.25, -0.2) is 0 Å². The SMILES string of the molecule is O=C(CCC1CCCC1)N(CCO)C1CCC1. The standard InChI is InChI=1S/C14H25NO2/c16-11-10-15(13-6-3-7-13)14(17)9-8-12-4-1-2-5-12/h12-13,16H,1-11H2. The van der Waals surface area contributed by atoms with Crippen molar-refractivity contribution in [1.82, 2.24) is 4.90 Å². The van der Waals surface area contributed by atoms with Gasteiger partial charge in [0.05, 0.1) is 6.61 Å². The second kappa shape index (κ2) is 6.39. The van der Waals surface area contributed by atoms with E-state index in [0.29, 0.717) is 19.0 Å². The molecule has 0 saturated heterocycles. The average Bonchev–Trinajstić information content (AvgIpc) is 2.75. The monoisotopic (exact) mass is 239 g/mol. The minimum absolute atomic E-state index is 0.103. The van der Waals surface area contributed by atoms with Crippen LogP contribution < -0.4 is 0 Å². The van der Waals surface area contributed by atoms with Crippen LogP contribution in [0.4, 0.5) is 0 Å². The number of nitrogens with zero attached hydrogens (tertiary/aromatic N) is 1. The zero-order chi connectivity index (χ0) is 12.1. The Morgan fingerprint density at radius 3 is 2.35 bits per heavy atom. The van der Waals surface area contributed by atoms with Gasteiger partial charge in [-0.15, -0.1) is 0 Å². The molecule has 98 valence electrons. The molecule has 0 heterocycles. The van der Waals surface area contributed by atoms with Crippen molar-refractivity contribution >= 4 is 5.91 Å². The molecule has 0 aromatic carbocycles. The number of aliphatic hydroxyl groups is 1. The van der Waals surface area contributed by atoms with E-state index in [1.807, 2.05) is 4.90 Å². The summed E-state index contributed by atoms with van der Waals surface area (Å²) in [5.41, 5.74) is 0. The molecule has 0 radical (unpaired) electrons. The number of carbonyl (C=O) groups is 1. The van der Waals surface area contributed by atoms with E-state index in [0.717, 1.165) is 25.2 Å². The number of rotatable bonds is 6. The maximum absolute atomic E-state index is 12.1. The Kier molecular flexibility index (Phi) is 4.84. The lowest BCUT2D eigenvalue weighted by Crippen LogP contribution is -2.45. The highest BCUT2D eigenvalue weighted by atomic mass is 16.3. The molecule has 0 aromatic rings. The van der Waals surface area contributed by atoms with Crippen LogP contribution in [0.2, 0.25) is 0 Å². The third-order valence-corrected chi connectivity index (χ3v) is 4.42. The molecule has 0 spiro atoms. The van der Waals surface area contributed by atoms with E-state index < -0.39 is 0 Å². The number of aliphatic hydroxyl groups excluding tert-OH is 1. The van der Waals surface area contributed by atoms with Crippen molar-refractivity contribution in [3.8, 4) is 0 Å². The van der Waals surface area contributed by atoms with Crippen molar-refractivity contribution in [3.63, 3.8) is 0 Å². The molecule has 1 amide bonds. The first-order chi connectivity index (χ1) is 8.31. The minimum Gasteiger partial charge on any atom is -0.395 e. The van der Waals surface area contributed by atoms with Crippen molar-refractivity contribution in [2.75, 3.05) is 13.2 Å². The minimum atomic E-state index is 0.103. The number of amides is 1. The zero-order valence-electron chi connectivity index (χ0n) is 10.7. The summed E-state index contributed by atoms with van der Waals surface area (Å²) in [5, 5.41) is 9.04. The molecule has 1 N–H and O–H groups in total. The molecule has 3 heteroatoms. The smallest absolute Gasteiger partial charge is 0.222 e. The molecule has 0 aliphatic heterocycles. The Balaban J connectivity index is 1.74. The molecular formula is C14H25NO2. The first-order valence-corrected chi connectivity index (χ1v) is 7.21. The highest BCUT2D eigenvalue weighted by Gasteiger charge is 2.28. The summed E-state index contributed by atoms with van der Waals surface area (Å²) < 4.78 is 0. The predicted molar refractivity (Wildman–Crippen MR) is 67.6 cm³/mol. The summed E-state index contributed by atoms with van der Waals surface area (Å²) in [6.45, 7) is 0.639. The Morgan fingerprint density at radius 1 is 1.12 bits per heavy atom. The van der Waals surface area contributed by atoms with Crippen LogP contribution in [-0.2, 0) is 4.79 Å². The van der Waals surface area contributed by atoms with E-state index in [9.17, 15) is 4.79 Å². The van der Waals surface area contributed by atoms with E-state index in [2.05, 4.69) is 0 Å². The summed E-state index contributed by atoms with van der Waals surface area (Å²) in [7, 11) is 0. The molecular weight excluding hydrogens is 214 g/mol. The van der Waals surface area contributed by atoms with Gasteiger partial charge < -0.3 is 10.0 Å². The summed E-state index contributed by atoms with van der Waals surface area (Å²) in [6.07, 6.45) is 10.6. The van der Waals surface area contributed by atoms with Crippen LogP contribution in [0.25, 0.3) is 0 Å². The van der Waals surface area contributed by atoms with Crippen molar-refractivity contribution in [1.29, 1.82) is 0 Å². The van der Waals surface area contributed by atoms with Gasteiger partial charge in [0, 0.05) is 19.0 Å². The van der Waals surface area contributed by atoms with Gasteiger partial charge in [0.15, 0.2) is 0 Å². The largest absolute Gasteiger partial charge is 0.395 e. The first kappa shape index (κ1) is 12.9. The maximum atomic E-state index is 12.1. The topological polar surface area (TPSA) is 40.5 Å². The fourth-order valence-corrected chi connectivity index (χ4v) is 3.09. The Labute approximate surface area is 104 Å². The van der Waals surface area contributed by atoms with Crippen LogP contribution in [0.1, 0.15) is 57.8 Å². The molecule has 2 aliphatic carbocycles. The van der Waals surface area contributed by atoms with Crippen molar-refractivity contribution in [2.24, 2.45) is 5.92 Å². The molecule has 0 bridgehead atoms. The molecule has 2 saturated carbocycles. The van der Waals surface area contributed by atoms with Crippen molar-refractivity contribution in [2.45, 2.75) is 63.8 Å². The third-order valence-electron chi connectivity index (χ3n) is 4.42. The Hall–Kier alpha value is -0.570. The Morgan fingerprint density at radius 2 is 1.82 bits per heavy atom. The zero-order valence-corrected chi connectivity index (χ0v) is 10.7. The van der Waals surface area contributed by atoms with Crippen LogP contribution in [0.5, 0.6) is 0 Å². The van der Waals surface area contributed by atoms with Crippen LogP contribution >= 0.6 is 0 Å². The van der Waals surface area contributed by atoms with Crippen molar-refractivity contribution < 1.29 is 9.90 Å². The van der Waals surface area contributed by atoms with Gasteiger partial charge in [0.25, 0.3) is 0 Å². The molecule has 17 heavy (non-hydrogen) atoms. The van der Waals surface area contributed by atoms with Gasteiger partial charge in [-0.1, -0.05) is 25.7 Å². The number of carbonyl (C=O) groups excluding carboxylic acids is 1. The molecule has 2 fully saturated rings. The van der Waals surface area contributed by atoms with E-state index in [1.165, 1.54) is 32.1 Å². The molecule has 3 nitrogen and oxygen atoms in total. The normalized spacial score (nSPS) is 21.5. The lowest BCUT2D eigenvalue weighted by atomic mass is 9.91. The van der Waals surface area contributed by atoms with Gasteiger partial charge in [-0.3, -0.25) is 4.79 Å². The third kappa shape index (κ3) is 3.44. The van der Waals surface area contributed by atoms with Gasteiger partial charge in [0.2, 0.25) is 5.91 Å². The van der Waals surface area contributed by atoms with Crippen LogP contribution in [0.15, 0.2) is 0 Å². The lowest BCUT2D eigenvalue weighted by molar-refractivity contribution is -0.136. The molecule has 2 rings (SSSR count). The van der Waals surface area contributed by atoms with Crippen LogP contribution in [0.3, 0.4) is 0 Å². The number of hydrogen-bond acceptors (Lipinski definition) is 2. The van der Waals surface area contributed by atoms with Gasteiger partial charge >= 0.3 is 0 Å². The fourth-order valence-electron chi connectivity index (χ4n) is 3.09.